The zero-order chi connectivity index (χ0) is 10.8. The second kappa shape index (κ2) is 4.53. The fourth-order valence-electron chi connectivity index (χ4n) is 2.04. The Morgan fingerprint density at radius 2 is 2.07 bits per heavy atom. The fraction of sp³-hybridized carbons (Fsp3) is 1.00. The van der Waals surface area contributed by atoms with Crippen LogP contribution in [0.5, 0.6) is 0 Å². The molecule has 0 spiro atoms. The van der Waals surface area contributed by atoms with Crippen LogP contribution >= 0.6 is 0 Å². The summed E-state index contributed by atoms with van der Waals surface area (Å²) >= 11 is 0. The molecule has 0 aromatic heterocycles. The number of hydrogen-bond acceptors (Lipinski definition) is 2. The quantitative estimate of drug-likeness (QED) is 0.643. The van der Waals surface area contributed by atoms with Crippen molar-refractivity contribution in [3.8, 4) is 0 Å². The molecule has 14 heavy (non-hydrogen) atoms. The maximum absolute atomic E-state index is 12.1. The highest BCUT2D eigenvalue weighted by atomic mass is 19.4. The van der Waals surface area contributed by atoms with Crippen LogP contribution < -0.4 is 0 Å². The number of nitrogens with zero attached hydrogens (tertiary/aromatic N) is 2. The molecule has 2 nitrogen and oxygen atoms in total. The van der Waals surface area contributed by atoms with E-state index in [1.807, 2.05) is 7.05 Å². The number of halogens is 3. The van der Waals surface area contributed by atoms with Crippen LogP contribution in [0.15, 0.2) is 0 Å². The molecule has 0 aromatic carbocycles. The van der Waals surface area contributed by atoms with Gasteiger partial charge in [0.1, 0.15) is 0 Å². The molecule has 1 heterocycles. The first-order valence-electron chi connectivity index (χ1n) is 4.95. The van der Waals surface area contributed by atoms with Crippen LogP contribution in [0.4, 0.5) is 12.9 Å². The zero-order valence-electron chi connectivity index (χ0n) is 8.72. The van der Waals surface area contributed by atoms with E-state index in [-0.39, 0.29) is 0 Å². The Morgan fingerprint density at radius 1 is 1.43 bits per heavy atom. The maximum Gasteiger partial charge on any atom is 0.492 e. The fourth-order valence-corrected chi connectivity index (χ4v) is 2.04. The van der Waals surface area contributed by atoms with Crippen molar-refractivity contribution in [2.75, 3.05) is 40.2 Å². The van der Waals surface area contributed by atoms with Gasteiger partial charge >= 0.3 is 6.98 Å². The summed E-state index contributed by atoms with van der Waals surface area (Å²) in [6.45, 7) is -2.17. The van der Waals surface area contributed by atoms with E-state index < -0.39 is 13.4 Å². The molecular formula is C8H17BF3N2-. The molecule has 0 amide bonds. The van der Waals surface area contributed by atoms with Gasteiger partial charge in [-0.05, 0) is 46.0 Å². The summed E-state index contributed by atoms with van der Waals surface area (Å²) in [5, 5.41) is 0. The van der Waals surface area contributed by atoms with E-state index in [0.29, 0.717) is 12.5 Å². The lowest BCUT2D eigenvalue weighted by Crippen LogP contribution is -2.38. The summed E-state index contributed by atoms with van der Waals surface area (Å²) in [6.07, 6.45) is 0.284. The van der Waals surface area contributed by atoms with Crippen molar-refractivity contribution in [3.63, 3.8) is 0 Å². The van der Waals surface area contributed by atoms with Gasteiger partial charge in [-0.1, -0.05) is 0 Å². The van der Waals surface area contributed by atoms with Crippen molar-refractivity contribution in [2.45, 2.75) is 6.42 Å². The zero-order valence-corrected chi connectivity index (χ0v) is 8.72. The van der Waals surface area contributed by atoms with Gasteiger partial charge in [-0.25, -0.2) is 0 Å². The van der Waals surface area contributed by atoms with Crippen molar-refractivity contribution < 1.29 is 12.9 Å². The largest absolute Gasteiger partial charge is 0.492 e. The third-order valence-corrected chi connectivity index (χ3v) is 2.58. The van der Waals surface area contributed by atoms with Crippen molar-refractivity contribution in [1.82, 2.24) is 9.80 Å². The Morgan fingerprint density at radius 3 is 2.50 bits per heavy atom. The molecule has 1 atom stereocenters. The molecule has 1 rings (SSSR count). The average molecular weight is 209 g/mol. The van der Waals surface area contributed by atoms with Crippen molar-refractivity contribution >= 4 is 6.98 Å². The minimum Gasteiger partial charge on any atom is -0.448 e. The van der Waals surface area contributed by atoms with E-state index in [0.717, 1.165) is 19.5 Å². The van der Waals surface area contributed by atoms with Gasteiger partial charge in [-0.2, -0.15) is 0 Å². The highest BCUT2D eigenvalue weighted by Gasteiger charge is 2.27. The SMILES string of the molecule is CN1CCC(CN(C)C[B-](F)(F)F)C1. The minimum atomic E-state index is -4.67. The highest BCUT2D eigenvalue weighted by Crippen LogP contribution is 2.17. The lowest BCUT2D eigenvalue weighted by atomic mass is 9.91. The predicted octanol–water partition coefficient (Wildman–Crippen LogP) is 1.26. The van der Waals surface area contributed by atoms with E-state index in [1.165, 1.54) is 4.90 Å². The molecule has 0 N–H and O–H groups in total. The van der Waals surface area contributed by atoms with Gasteiger partial charge in [-0.15, -0.1) is 0 Å². The number of rotatable bonds is 4. The first-order valence-corrected chi connectivity index (χ1v) is 4.95. The van der Waals surface area contributed by atoms with Crippen LogP contribution in [0, 0.1) is 5.92 Å². The molecule has 0 aromatic rings. The van der Waals surface area contributed by atoms with Gasteiger partial charge in [0.2, 0.25) is 0 Å². The Balaban J connectivity index is 2.24. The molecule has 0 bridgehead atoms. The first kappa shape index (κ1) is 11.8. The average Bonchev–Trinajstić information content (AvgIpc) is 2.30. The van der Waals surface area contributed by atoms with Crippen LogP contribution in [0.3, 0.4) is 0 Å². The van der Waals surface area contributed by atoms with Crippen molar-refractivity contribution in [3.05, 3.63) is 0 Å². The topological polar surface area (TPSA) is 6.48 Å². The van der Waals surface area contributed by atoms with E-state index in [4.69, 9.17) is 0 Å². The van der Waals surface area contributed by atoms with Crippen molar-refractivity contribution in [1.29, 1.82) is 0 Å². The first-order chi connectivity index (χ1) is 6.37. The van der Waals surface area contributed by atoms with Gasteiger partial charge in [0, 0.05) is 6.54 Å². The normalized spacial score (nSPS) is 24.9. The lowest BCUT2D eigenvalue weighted by molar-refractivity contribution is 0.277. The standard InChI is InChI=1S/C8H17BF3N2/c1-13-4-3-8(5-13)6-14(2)7-9(10,11)12/h8H,3-7H2,1-2H3/q-1. The molecule has 1 aliphatic heterocycles. The molecule has 1 fully saturated rings. The lowest BCUT2D eigenvalue weighted by Gasteiger charge is -2.26. The minimum absolute atomic E-state index is 0.406. The summed E-state index contributed by atoms with van der Waals surface area (Å²) in [7, 11) is 3.56. The van der Waals surface area contributed by atoms with E-state index >= 15 is 0 Å². The van der Waals surface area contributed by atoms with E-state index in [1.54, 1.807) is 7.05 Å². The molecule has 0 aliphatic carbocycles. The molecule has 0 saturated carbocycles. The maximum atomic E-state index is 12.1. The summed E-state index contributed by atoms with van der Waals surface area (Å²) in [5.41, 5.74) is 0. The second-order valence-corrected chi connectivity index (χ2v) is 4.35. The number of hydrogen-bond donors (Lipinski definition) is 0. The summed E-state index contributed by atoms with van der Waals surface area (Å²) in [6, 6.07) is 0. The van der Waals surface area contributed by atoms with Crippen molar-refractivity contribution in [2.24, 2.45) is 5.92 Å². The Hall–Kier alpha value is -0.225. The predicted molar refractivity (Wildman–Crippen MR) is 52.2 cm³/mol. The molecular weight excluding hydrogens is 192 g/mol. The Kier molecular flexibility index (Phi) is 3.83. The summed E-state index contributed by atoms with van der Waals surface area (Å²) in [5.74, 6) is 0.406. The third-order valence-electron chi connectivity index (χ3n) is 2.58. The van der Waals surface area contributed by atoms with Gasteiger partial charge in [0.25, 0.3) is 0 Å². The Labute approximate surface area is 83.1 Å². The Bertz CT molecular complexity index is 186. The molecule has 84 valence electrons. The van der Waals surface area contributed by atoms with E-state index in [9.17, 15) is 12.9 Å². The van der Waals surface area contributed by atoms with Gasteiger partial charge in [0.05, 0.1) is 0 Å². The number of likely N-dealkylation sites (tertiary alicyclic amines) is 1. The van der Waals surface area contributed by atoms with Gasteiger partial charge in [-0.3, -0.25) is 0 Å². The molecule has 1 saturated heterocycles. The molecule has 0 radical (unpaired) electrons. The van der Waals surface area contributed by atoms with Crippen LogP contribution in [-0.2, 0) is 0 Å². The van der Waals surface area contributed by atoms with Crippen LogP contribution in [0.25, 0.3) is 0 Å². The van der Waals surface area contributed by atoms with Crippen LogP contribution in [-0.4, -0.2) is 57.0 Å². The molecule has 6 heteroatoms. The smallest absolute Gasteiger partial charge is 0.448 e. The monoisotopic (exact) mass is 209 g/mol. The van der Waals surface area contributed by atoms with Gasteiger partial charge in [0.15, 0.2) is 0 Å². The summed E-state index contributed by atoms with van der Waals surface area (Å²) in [4.78, 5) is 3.56. The van der Waals surface area contributed by atoms with E-state index in [2.05, 4.69) is 4.90 Å². The highest BCUT2D eigenvalue weighted by molar-refractivity contribution is 6.58. The van der Waals surface area contributed by atoms with Crippen LogP contribution in [0.2, 0.25) is 0 Å². The molecule has 1 unspecified atom stereocenters. The van der Waals surface area contributed by atoms with Gasteiger partial charge < -0.3 is 22.7 Å². The summed E-state index contributed by atoms with van der Waals surface area (Å²) < 4.78 is 36.2. The second-order valence-electron chi connectivity index (χ2n) is 4.35. The third kappa shape index (κ3) is 4.33. The van der Waals surface area contributed by atoms with Crippen LogP contribution in [0.1, 0.15) is 6.42 Å². The molecule has 1 aliphatic rings.